The Morgan fingerprint density at radius 2 is 2.04 bits per heavy atom. The van der Waals surface area contributed by atoms with Crippen LogP contribution in [-0.2, 0) is 16.0 Å². The fraction of sp³-hybridized carbons (Fsp3) is 0.353. The van der Waals surface area contributed by atoms with Crippen molar-refractivity contribution in [3.63, 3.8) is 0 Å². The van der Waals surface area contributed by atoms with Gasteiger partial charge in [-0.15, -0.1) is 11.3 Å². The van der Waals surface area contributed by atoms with Gasteiger partial charge in [0.2, 0.25) is 0 Å². The highest BCUT2D eigenvalue weighted by Crippen LogP contribution is 2.32. The molecule has 0 aromatic carbocycles. The van der Waals surface area contributed by atoms with Crippen molar-refractivity contribution in [1.82, 2.24) is 19.9 Å². The van der Waals surface area contributed by atoms with E-state index in [1.54, 1.807) is 0 Å². The normalized spacial score (nSPS) is 12.3. The third kappa shape index (κ3) is 4.11. The van der Waals surface area contributed by atoms with Crippen LogP contribution in [0.3, 0.4) is 0 Å². The maximum absolute atomic E-state index is 12.4. The minimum atomic E-state index is -0.475. The quantitative estimate of drug-likeness (QED) is 0.379. The van der Waals surface area contributed by atoms with Gasteiger partial charge in [-0.1, -0.05) is 11.8 Å². The predicted octanol–water partition coefficient (Wildman–Crippen LogP) is 2.25. The summed E-state index contributed by atoms with van der Waals surface area (Å²) in [6.45, 7) is 5.72. The van der Waals surface area contributed by atoms with Crippen LogP contribution >= 0.6 is 23.1 Å². The minimum absolute atomic E-state index is 0.0862. The van der Waals surface area contributed by atoms with Gasteiger partial charge in [0.05, 0.1) is 29.9 Å². The van der Waals surface area contributed by atoms with Crippen LogP contribution in [0.2, 0.25) is 0 Å². The number of H-pyrrole nitrogens is 2. The molecule has 0 saturated heterocycles. The molecule has 0 unspecified atom stereocenters. The molecule has 0 amide bonds. The monoisotopic (exact) mass is 406 g/mol. The first-order valence-corrected chi connectivity index (χ1v) is 9.81. The first-order chi connectivity index (χ1) is 12.8. The van der Waals surface area contributed by atoms with E-state index in [1.807, 2.05) is 20.8 Å². The zero-order valence-corrected chi connectivity index (χ0v) is 16.8. The molecule has 10 heteroatoms. The van der Waals surface area contributed by atoms with Gasteiger partial charge in [0, 0.05) is 10.9 Å². The van der Waals surface area contributed by atoms with Gasteiger partial charge in [0.15, 0.2) is 5.16 Å². The smallest absolute Gasteiger partial charge is 0.311 e. The second kappa shape index (κ2) is 7.65. The van der Waals surface area contributed by atoms with Gasteiger partial charge in [-0.05, 0) is 26.3 Å². The minimum Gasteiger partial charge on any atom is -0.469 e. The van der Waals surface area contributed by atoms with Crippen molar-refractivity contribution in [3.8, 4) is 0 Å². The molecule has 3 aromatic heterocycles. The standard InChI is InChI=1S/C17H18N4O4S2/c1-7-8(2)26-16-13(7)15(24)20-14(21-16)9(3)27-17-18-10(5-11(22)19-17)6-12(23)25-4/h5,9H,6H2,1-4H3,(H,18,19,22)(H,20,21,24)/t9-/m1/s1. The molecule has 0 bridgehead atoms. The third-order valence-electron chi connectivity index (χ3n) is 4.06. The van der Waals surface area contributed by atoms with E-state index in [0.29, 0.717) is 26.9 Å². The molecule has 0 aliphatic carbocycles. The van der Waals surface area contributed by atoms with Crippen molar-refractivity contribution in [1.29, 1.82) is 0 Å². The van der Waals surface area contributed by atoms with Crippen molar-refractivity contribution < 1.29 is 9.53 Å². The maximum atomic E-state index is 12.4. The van der Waals surface area contributed by atoms with Gasteiger partial charge in [-0.3, -0.25) is 14.4 Å². The van der Waals surface area contributed by atoms with Crippen LogP contribution in [0.5, 0.6) is 0 Å². The summed E-state index contributed by atoms with van der Waals surface area (Å²) in [4.78, 5) is 51.7. The number of hydrogen-bond donors (Lipinski definition) is 2. The zero-order chi connectivity index (χ0) is 19.7. The number of ether oxygens (including phenoxy) is 1. The van der Waals surface area contributed by atoms with Crippen LogP contribution in [-0.4, -0.2) is 33.0 Å². The zero-order valence-electron chi connectivity index (χ0n) is 15.2. The molecule has 3 aromatic rings. The Balaban J connectivity index is 1.90. The number of aromatic nitrogens is 4. The summed E-state index contributed by atoms with van der Waals surface area (Å²) in [6, 6.07) is 1.26. The van der Waals surface area contributed by atoms with E-state index in [0.717, 1.165) is 10.4 Å². The Morgan fingerprint density at radius 3 is 2.74 bits per heavy atom. The summed E-state index contributed by atoms with van der Waals surface area (Å²) < 4.78 is 4.60. The summed E-state index contributed by atoms with van der Waals surface area (Å²) in [7, 11) is 1.28. The largest absolute Gasteiger partial charge is 0.469 e. The predicted molar refractivity (Wildman–Crippen MR) is 105 cm³/mol. The number of hydrogen-bond acceptors (Lipinski definition) is 8. The molecule has 0 radical (unpaired) electrons. The van der Waals surface area contributed by atoms with Gasteiger partial charge in [-0.2, -0.15) is 0 Å². The molecular formula is C17H18N4O4S2. The molecule has 27 heavy (non-hydrogen) atoms. The van der Waals surface area contributed by atoms with E-state index < -0.39 is 5.97 Å². The lowest BCUT2D eigenvalue weighted by molar-refractivity contribution is -0.139. The molecule has 3 rings (SSSR count). The lowest BCUT2D eigenvalue weighted by Gasteiger charge is -2.10. The SMILES string of the molecule is COC(=O)Cc1cc(=O)[nH]c(S[C@H](C)c2nc3sc(C)c(C)c3c(=O)[nH]2)n1. The van der Waals surface area contributed by atoms with Crippen molar-refractivity contribution >= 4 is 39.3 Å². The van der Waals surface area contributed by atoms with Crippen LogP contribution in [0, 0.1) is 13.8 Å². The van der Waals surface area contributed by atoms with Gasteiger partial charge in [0.1, 0.15) is 10.7 Å². The van der Waals surface area contributed by atoms with Crippen LogP contribution in [0.1, 0.15) is 34.1 Å². The number of nitrogens with zero attached hydrogens (tertiary/aromatic N) is 2. The Morgan fingerprint density at radius 1 is 1.30 bits per heavy atom. The van der Waals surface area contributed by atoms with Crippen molar-refractivity contribution in [2.45, 2.75) is 37.6 Å². The van der Waals surface area contributed by atoms with Crippen LogP contribution in [0.4, 0.5) is 0 Å². The van der Waals surface area contributed by atoms with Gasteiger partial charge < -0.3 is 14.7 Å². The van der Waals surface area contributed by atoms with E-state index in [9.17, 15) is 14.4 Å². The number of rotatable bonds is 5. The molecule has 2 N–H and O–H groups in total. The summed E-state index contributed by atoms with van der Waals surface area (Å²) >= 11 is 2.72. The topological polar surface area (TPSA) is 118 Å². The van der Waals surface area contributed by atoms with E-state index >= 15 is 0 Å². The Bertz CT molecular complexity index is 1130. The summed E-state index contributed by atoms with van der Waals surface area (Å²) in [6.07, 6.45) is -0.0862. The fourth-order valence-corrected chi connectivity index (χ4v) is 4.46. The number of thioether (sulfide) groups is 1. The third-order valence-corrected chi connectivity index (χ3v) is 6.15. The Labute approximate surface area is 162 Å². The molecule has 1 atom stereocenters. The van der Waals surface area contributed by atoms with Crippen LogP contribution in [0.15, 0.2) is 20.8 Å². The van der Waals surface area contributed by atoms with Crippen LogP contribution < -0.4 is 11.1 Å². The van der Waals surface area contributed by atoms with Crippen LogP contribution in [0.25, 0.3) is 10.2 Å². The molecule has 142 valence electrons. The Kier molecular flexibility index (Phi) is 5.47. The van der Waals surface area contributed by atoms with Crippen molar-refractivity contribution in [2.75, 3.05) is 7.11 Å². The number of esters is 1. The van der Waals surface area contributed by atoms with Gasteiger partial charge in [0.25, 0.3) is 11.1 Å². The molecule has 0 aliphatic rings. The number of aryl methyl sites for hydroxylation is 2. The molecule has 8 nitrogen and oxygen atoms in total. The van der Waals surface area contributed by atoms with E-state index in [4.69, 9.17) is 0 Å². The summed E-state index contributed by atoms with van der Waals surface area (Å²) in [5, 5.41) is 0.696. The van der Waals surface area contributed by atoms with Crippen molar-refractivity contribution in [2.24, 2.45) is 0 Å². The average molecular weight is 406 g/mol. The first kappa shape index (κ1) is 19.3. The van der Waals surface area contributed by atoms with Gasteiger partial charge >= 0.3 is 5.97 Å². The molecule has 3 heterocycles. The lowest BCUT2D eigenvalue weighted by atomic mass is 10.2. The first-order valence-electron chi connectivity index (χ1n) is 8.12. The average Bonchev–Trinajstić information content (AvgIpc) is 2.88. The second-order valence-electron chi connectivity index (χ2n) is 5.97. The van der Waals surface area contributed by atoms with Gasteiger partial charge in [-0.25, -0.2) is 9.97 Å². The highest BCUT2D eigenvalue weighted by atomic mass is 32.2. The highest BCUT2D eigenvalue weighted by Gasteiger charge is 2.17. The number of nitrogens with one attached hydrogen (secondary N) is 2. The molecule has 0 fully saturated rings. The second-order valence-corrected chi connectivity index (χ2v) is 8.50. The molecule has 0 spiro atoms. The molecule has 0 saturated carbocycles. The number of fused-ring (bicyclic) bond motifs is 1. The van der Waals surface area contributed by atoms with Crippen molar-refractivity contribution in [3.05, 3.63) is 48.7 Å². The number of aromatic amines is 2. The summed E-state index contributed by atoms with van der Waals surface area (Å²) in [5.41, 5.74) is 0.726. The lowest BCUT2D eigenvalue weighted by Crippen LogP contribution is -2.15. The number of carbonyl (C=O) groups is 1. The number of methoxy groups -OCH3 is 1. The molecule has 0 aliphatic heterocycles. The van der Waals surface area contributed by atoms with E-state index in [1.165, 1.54) is 36.3 Å². The van der Waals surface area contributed by atoms with E-state index in [2.05, 4.69) is 24.7 Å². The highest BCUT2D eigenvalue weighted by molar-refractivity contribution is 7.99. The fourth-order valence-electron chi connectivity index (χ4n) is 2.54. The number of thiophene rings is 1. The Hall–Kier alpha value is -2.46. The maximum Gasteiger partial charge on any atom is 0.311 e. The molecular weight excluding hydrogens is 388 g/mol. The van der Waals surface area contributed by atoms with E-state index in [-0.39, 0.29) is 22.8 Å². The summed E-state index contributed by atoms with van der Waals surface area (Å²) in [5.74, 6) is 0.0248. The number of carbonyl (C=O) groups excluding carboxylic acids is 1.